The zero-order valence-electron chi connectivity index (χ0n) is 24.6. The SMILES string of the molecule is CCCCCCC=CCCCCCCCC(=O)O.CCCCCCCCCCCCCCC(O)C(=O)O. The van der Waals surface area contributed by atoms with Crippen molar-refractivity contribution in [2.45, 2.75) is 180 Å². The Hall–Kier alpha value is -1.36. The average Bonchev–Trinajstić information content (AvgIpc) is 2.87. The van der Waals surface area contributed by atoms with Gasteiger partial charge in [0, 0.05) is 6.42 Å². The van der Waals surface area contributed by atoms with Crippen molar-refractivity contribution in [1.29, 1.82) is 0 Å². The predicted octanol–water partition coefficient (Wildman–Crippen LogP) is 9.85. The number of rotatable bonds is 27. The molecule has 0 heterocycles. The summed E-state index contributed by atoms with van der Waals surface area (Å²) in [5.41, 5.74) is 0. The minimum Gasteiger partial charge on any atom is -0.481 e. The zero-order valence-corrected chi connectivity index (χ0v) is 24.6. The third-order valence-electron chi connectivity index (χ3n) is 6.77. The first-order valence-electron chi connectivity index (χ1n) is 15.7. The summed E-state index contributed by atoms with van der Waals surface area (Å²) in [6.45, 7) is 4.49. The minimum absolute atomic E-state index is 0.331. The maximum absolute atomic E-state index is 10.4. The molecule has 0 amide bonds. The van der Waals surface area contributed by atoms with Crippen LogP contribution in [0.3, 0.4) is 0 Å². The average molecular weight is 527 g/mol. The summed E-state index contributed by atoms with van der Waals surface area (Å²) in [4.78, 5) is 20.7. The number of aliphatic hydroxyl groups excluding tert-OH is 1. The Labute approximate surface area is 229 Å². The molecule has 0 aromatic carbocycles. The quantitative estimate of drug-likeness (QED) is 0.0731. The third kappa shape index (κ3) is 36.9. The van der Waals surface area contributed by atoms with Crippen LogP contribution >= 0.6 is 0 Å². The Morgan fingerprint density at radius 3 is 1.30 bits per heavy atom. The van der Waals surface area contributed by atoms with Crippen LogP contribution in [-0.2, 0) is 9.59 Å². The predicted molar refractivity (Wildman–Crippen MR) is 157 cm³/mol. The molecule has 0 aliphatic heterocycles. The molecular formula is C32H62O5. The molecule has 0 aromatic rings. The largest absolute Gasteiger partial charge is 0.481 e. The van der Waals surface area contributed by atoms with Crippen molar-refractivity contribution in [2.24, 2.45) is 0 Å². The van der Waals surface area contributed by atoms with Gasteiger partial charge in [-0.3, -0.25) is 4.79 Å². The Morgan fingerprint density at radius 1 is 0.541 bits per heavy atom. The Morgan fingerprint density at radius 2 is 0.892 bits per heavy atom. The summed E-state index contributed by atoms with van der Waals surface area (Å²) in [6.07, 6.45) is 32.7. The summed E-state index contributed by atoms with van der Waals surface area (Å²) in [6, 6.07) is 0. The molecule has 220 valence electrons. The van der Waals surface area contributed by atoms with Crippen molar-refractivity contribution in [2.75, 3.05) is 0 Å². The molecule has 5 nitrogen and oxygen atoms in total. The van der Waals surface area contributed by atoms with Gasteiger partial charge in [-0.05, 0) is 38.5 Å². The van der Waals surface area contributed by atoms with E-state index in [0.717, 1.165) is 25.7 Å². The lowest BCUT2D eigenvalue weighted by atomic mass is 10.0. The van der Waals surface area contributed by atoms with E-state index in [4.69, 9.17) is 15.3 Å². The molecular weight excluding hydrogens is 464 g/mol. The van der Waals surface area contributed by atoms with E-state index >= 15 is 0 Å². The highest BCUT2D eigenvalue weighted by molar-refractivity contribution is 5.71. The summed E-state index contributed by atoms with van der Waals surface area (Å²) < 4.78 is 0. The van der Waals surface area contributed by atoms with Gasteiger partial charge in [0.1, 0.15) is 0 Å². The van der Waals surface area contributed by atoms with E-state index in [1.54, 1.807) is 0 Å². The number of unbranched alkanes of at least 4 members (excludes halogenated alkanes) is 20. The van der Waals surface area contributed by atoms with Gasteiger partial charge in [-0.25, -0.2) is 4.79 Å². The molecule has 0 radical (unpaired) electrons. The number of allylic oxidation sites excluding steroid dienone is 2. The summed E-state index contributed by atoms with van der Waals surface area (Å²) in [5, 5.41) is 26.1. The van der Waals surface area contributed by atoms with Crippen LogP contribution in [0, 0.1) is 0 Å². The number of aliphatic hydroxyl groups is 1. The normalized spacial score (nSPS) is 11.9. The van der Waals surface area contributed by atoms with Gasteiger partial charge >= 0.3 is 11.9 Å². The first-order valence-corrected chi connectivity index (χ1v) is 15.7. The van der Waals surface area contributed by atoms with Crippen LogP contribution in [0.2, 0.25) is 0 Å². The number of carbonyl (C=O) groups is 2. The van der Waals surface area contributed by atoms with Crippen LogP contribution in [0.15, 0.2) is 12.2 Å². The number of carboxylic acid groups (broad SMARTS) is 2. The van der Waals surface area contributed by atoms with Crippen molar-refractivity contribution < 1.29 is 24.9 Å². The lowest BCUT2D eigenvalue weighted by Gasteiger charge is -2.05. The second kappa shape index (κ2) is 32.7. The van der Waals surface area contributed by atoms with Crippen molar-refractivity contribution in [3.05, 3.63) is 12.2 Å². The molecule has 1 unspecified atom stereocenters. The van der Waals surface area contributed by atoms with Crippen LogP contribution < -0.4 is 0 Å². The molecule has 0 aromatic heterocycles. The third-order valence-corrected chi connectivity index (χ3v) is 6.77. The molecule has 3 N–H and O–H groups in total. The monoisotopic (exact) mass is 526 g/mol. The number of carboxylic acids is 2. The van der Waals surface area contributed by atoms with Crippen LogP contribution in [0.1, 0.15) is 174 Å². The maximum atomic E-state index is 10.4. The second-order valence-electron chi connectivity index (χ2n) is 10.6. The van der Waals surface area contributed by atoms with Gasteiger partial charge in [-0.2, -0.15) is 0 Å². The van der Waals surface area contributed by atoms with Gasteiger partial charge in [0.15, 0.2) is 6.10 Å². The summed E-state index contributed by atoms with van der Waals surface area (Å²) >= 11 is 0. The van der Waals surface area contributed by atoms with Gasteiger partial charge in [0.25, 0.3) is 0 Å². The molecule has 0 bridgehead atoms. The molecule has 0 aliphatic rings. The maximum Gasteiger partial charge on any atom is 0.332 e. The van der Waals surface area contributed by atoms with Crippen molar-refractivity contribution in [1.82, 2.24) is 0 Å². The Kier molecular flexibility index (Phi) is 33.4. The molecule has 0 fully saturated rings. The van der Waals surface area contributed by atoms with Crippen molar-refractivity contribution >= 4 is 11.9 Å². The fourth-order valence-electron chi connectivity index (χ4n) is 4.30. The Bertz CT molecular complexity index is 503. The first kappa shape index (κ1) is 37.8. The van der Waals surface area contributed by atoms with Gasteiger partial charge in [0.05, 0.1) is 0 Å². The lowest BCUT2D eigenvalue weighted by molar-refractivity contribution is -0.147. The molecule has 0 spiro atoms. The fraction of sp³-hybridized carbons (Fsp3) is 0.875. The standard InChI is InChI=1S/C16H32O3.C16H30O2/c1-2-3-4-5-6-7-8-9-10-11-12-13-14-15(17)16(18)19;1-2-3-4-5-6-7-8-9-10-11-12-13-14-15-16(17)18/h15,17H,2-14H2,1H3,(H,18,19);7-8H,2-6,9-15H2,1H3,(H,17,18). The number of hydrogen-bond acceptors (Lipinski definition) is 3. The van der Waals surface area contributed by atoms with Gasteiger partial charge in [-0.15, -0.1) is 0 Å². The van der Waals surface area contributed by atoms with Gasteiger partial charge < -0.3 is 15.3 Å². The van der Waals surface area contributed by atoms with Crippen LogP contribution in [0.25, 0.3) is 0 Å². The Balaban J connectivity index is 0. The molecule has 0 saturated carbocycles. The summed E-state index contributed by atoms with van der Waals surface area (Å²) in [5.74, 6) is -1.76. The van der Waals surface area contributed by atoms with E-state index in [0.29, 0.717) is 12.8 Å². The molecule has 0 saturated heterocycles. The molecule has 1 atom stereocenters. The first-order chi connectivity index (χ1) is 18.0. The van der Waals surface area contributed by atoms with E-state index in [-0.39, 0.29) is 0 Å². The lowest BCUT2D eigenvalue weighted by Crippen LogP contribution is -2.18. The minimum atomic E-state index is -1.16. The van der Waals surface area contributed by atoms with E-state index in [1.165, 1.54) is 122 Å². The van der Waals surface area contributed by atoms with Gasteiger partial charge in [0.2, 0.25) is 0 Å². The van der Waals surface area contributed by atoms with Crippen molar-refractivity contribution in [3.63, 3.8) is 0 Å². The smallest absolute Gasteiger partial charge is 0.332 e. The number of aliphatic carboxylic acids is 2. The van der Waals surface area contributed by atoms with Crippen LogP contribution in [0.5, 0.6) is 0 Å². The van der Waals surface area contributed by atoms with E-state index in [2.05, 4.69) is 26.0 Å². The zero-order chi connectivity index (χ0) is 27.8. The highest BCUT2D eigenvalue weighted by Crippen LogP contribution is 2.13. The van der Waals surface area contributed by atoms with E-state index in [1.807, 2.05) is 0 Å². The molecule has 0 aliphatic carbocycles. The van der Waals surface area contributed by atoms with Crippen LogP contribution in [-0.4, -0.2) is 33.4 Å². The topological polar surface area (TPSA) is 94.8 Å². The van der Waals surface area contributed by atoms with Crippen LogP contribution in [0.4, 0.5) is 0 Å². The highest BCUT2D eigenvalue weighted by Gasteiger charge is 2.11. The fourth-order valence-corrected chi connectivity index (χ4v) is 4.30. The molecule has 5 heteroatoms. The van der Waals surface area contributed by atoms with E-state index < -0.39 is 18.0 Å². The molecule has 37 heavy (non-hydrogen) atoms. The highest BCUT2D eigenvalue weighted by atomic mass is 16.4. The van der Waals surface area contributed by atoms with Gasteiger partial charge in [-0.1, -0.05) is 142 Å². The second-order valence-corrected chi connectivity index (χ2v) is 10.6. The molecule has 0 rings (SSSR count). The summed E-state index contributed by atoms with van der Waals surface area (Å²) in [7, 11) is 0. The number of hydrogen-bond donors (Lipinski definition) is 3. The van der Waals surface area contributed by atoms with Crippen molar-refractivity contribution in [3.8, 4) is 0 Å². The van der Waals surface area contributed by atoms with E-state index in [9.17, 15) is 9.59 Å².